The number of rotatable bonds is 3. The van der Waals surface area contributed by atoms with Crippen LogP contribution in [0.3, 0.4) is 0 Å². The van der Waals surface area contributed by atoms with E-state index in [0.717, 1.165) is 29.1 Å². The zero-order valence-corrected chi connectivity index (χ0v) is 11.2. The maximum atomic E-state index is 10.7. The molecule has 90 valence electrons. The van der Waals surface area contributed by atoms with Gasteiger partial charge in [-0.1, -0.05) is 23.6 Å². The van der Waals surface area contributed by atoms with E-state index in [4.69, 9.17) is 4.74 Å². The highest BCUT2D eigenvalue weighted by Crippen LogP contribution is 2.15. The van der Waals surface area contributed by atoms with E-state index in [2.05, 4.69) is 11.8 Å². The van der Waals surface area contributed by atoms with Crippen LogP contribution in [0.2, 0.25) is 0 Å². The summed E-state index contributed by atoms with van der Waals surface area (Å²) < 4.78 is 5.13. The molecule has 0 fully saturated rings. The summed E-state index contributed by atoms with van der Waals surface area (Å²) in [6, 6.07) is 5.83. The number of carbonyl (C=O) groups excluding carboxylic acids is 1. The molecular weight excluding hydrogens is 232 g/mol. The van der Waals surface area contributed by atoms with Crippen LogP contribution < -0.4 is 4.74 Å². The van der Waals surface area contributed by atoms with Crippen LogP contribution in [0, 0.1) is 18.8 Å². The molecule has 0 atom stereocenters. The fourth-order valence-electron chi connectivity index (χ4n) is 1.31. The second kappa shape index (κ2) is 7.03. The molecule has 0 unspecified atom stereocenters. The molecule has 1 rings (SSSR count). The van der Waals surface area contributed by atoms with Crippen molar-refractivity contribution in [1.29, 1.82) is 0 Å². The lowest BCUT2D eigenvalue weighted by Crippen LogP contribution is -1.87. The Morgan fingerprint density at radius 2 is 2.24 bits per heavy atom. The second-order valence-electron chi connectivity index (χ2n) is 3.57. The number of ether oxygens (including phenoxy) is 1. The molecule has 0 heterocycles. The minimum atomic E-state index is 0.146. The zero-order valence-electron chi connectivity index (χ0n) is 10.4. The third-order valence-electron chi connectivity index (χ3n) is 2.19. The summed E-state index contributed by atoms with van der Waals surface area (Å²) in [7, 11) is 1.65. The van der Waals surface area contributed by atoms with Crippen molar-refractivity contribution < 1.29 is 9.53 Å². The molecule has 17 heavy (non-hydrogen) atoms. The van der Waals surface area contributed by atoms with Gasteiger partial charge >= 0.3 is 0 Å². The number of benzene rings is 1. The van der Waals surface area contributed by atoms with Crippen molar-refractivity contribution in [3.63, 3.8) is 0 Å². The minimum absolute atomic E-state index is 0.146. The van der Waals surface area contributed by atoms with Crippen molar-refractivity contribution in [3.05, 3.63) is 29.3 Å². The lowest BCUT2D eigenvalue weighted by molar-refractivity contribution is -0.109. The number of methoxy groups -OCH3 is 1. The molecule has 0 spiro atoms. The van der Waals surface area contributed by atoms with Crippen LogP contribution in [0.5, 0.6) is 5.75 Å². The third-order valence-corrected chi connectivity index (χ3v) is 3.00. The van der Waals surface area contributed by atoms with E-state index in [1.54, 1.807) is 14.0 Å². The SMILES string of the molecule is COc1ccc(C#CCCSC(C)=O)c(C)c1. The van der Waals surface area contributed by atoms with Gasteiger partial charge in [0.2, 0.25) is 0 Å². The predicted octanol–water partition coefficient (Wildman–Crippen LogP) is 3.02. The lowest BCUT2D eigenvalue weighted by Gasteiger charge is -2.02. The molecule has 0 N–H and O–H groups in total. The zero-order chi connectivity index (χ0) is 12.7. The quantitative estimate of drug-likeness (QED) is 0.607. The molecule has 0 aliphatic heterocycles. The van der Waals surface area contributed by atoms with E-state index < -0.39 is 0 Å². The van der Waals surface area contributed by atoms with E-state index in [1.807, 2.05) is 25.1 Å². The van der Waals surface area contributed by atoms with Gasteiger partial charge in [-0.25, -0.2) is 0 Å². The Labute approximate surface area is 107 Å². The van der Waals surface area contributed by atoms with Crippen LogP contribution in [0.1, 0.15) is 24.5 Å². The van der Waals surface area contributed by atoms with Gasteiger partial charge in [-0.3, -0.25) is 4.79 Å². The van der Waals surface area contributed by atoms with Gasteiger partial charge in [-0.15, -0.1) is 0 Å². The molecule has 0 aliphatic carbocycles. The molecule has 3 heteroatoms. The third kappa shape index (κ3) is 4.97. The van der Waals surface area contributed by atoms with E-state index >= 15 is 0 Å². The van der Waals surface area contributed by atoms with Crippen LogP contribution >= 0.6 is 11.8 Å². The molecule has 0 aliphatic rings. The Morgan fingerprint density at radius 1 is 1.47 bits per heavy atom. The Kier molecular flexibility index (Phi) is 5.65. The normalized spacial score (nSPS) is 9.35. The summed E-state index contributed by atoms with van der Waals surface area (Å²) in [5.74, 6) is 7.79. The van der Waals surface area contributed by atoms with Gasteiger partial charge in [0.1, 0.15) is 5.75 Å². The summed E-state index contributed by atoms with van der Waals surface area (Å²) in [5, 5.41) is 0.146. The molecular formula is C14H16O2S. The second-order valence-corrected chi connectivity index (χ2v) is 4.84. The average molecular weight is 248 g/mol. The van der Waals surface area contributed by atoms with Gasteiger partial charge in [0.05, 0.1) is 7.11 Å². The smallest absolute Gasteiger partial charge is 0.185 e. The first-order chi connectivity index (χ1) is 8.13. The Bertz CT molecular complexity index is 455. The molecule has 2 nitrogen and oxygen atoms in total. The first kappa shape index (κ1) is 13.7. The maximum absolute atomic E-state index is 10.7. The topological polar surface area (TPSA) is 26.3 Å². The number of hydrogen-bond donors (Lipinski definition) is 0. The molecule has 0 aromatic heterocycles. The maximum Gasteiger partial charge on any atom is 0.185 e. The Balaban J connectivity index is 2.57. The molecule has 0 radical (unpaired) electrons. The fraction of sp³-hybridized carbons (Fsp3) is 0.357. The van der Waals surface area contributed by atoms with Gasteiger partial charge in [-0.2, -0.15) is 0 Å². The lowest BCUT2D eigenvalue weighted by atomic mass is 10.1. The van der Waals surface area contributed by atoms with Crippen molar-refractivity contribution in [1.82, 2.24) is 0 Å². The van der Waals surface area contributed by atoms with E-state index in [-0.39, 0.29) is 5.12 Å². The summed E-state index contributed by atoms with van der Waals surface area (Å²) in [4.78, 5) is 10.7. The van der Waals surface area contributed by atoms with Crippen molar-refractivity contribution in [2.75, 3.05) is 12.9 Å². The average Bonchev–Trinajstić information content (AvgIpc) is 2.30. The highest BCUT2D eigenvalue weighted by Gasteiger charge is 1.97. The van der Waals surface area contributed by atoms with E-state index in [9.17, 15) is 4.79 Å². The highest BCUT2D eigenvalue weighted by molar-refractivity contribution is 8.13. The van der Waals surface area contributed by atoms with Crippen molar-refractivity contribution in [3.8, 4) is 17.6 Å². The van der Waals surface area contributed by atoms with E-state index in [0.29, 0.717) is 0 Å². The molecule has 0 bridgehead atoms. The van der Waals surface area contributed by atoms with Gasteiger partial charge in [-0.05, 0) is 30.7 Å². The molecule has 0 saturated carbocycles. The van der Waals surface area contributed by atoms with Crippen molar-refractivity contribution in [2.24, 2.45) is 0 Å². The molecule has 1 aromatic rings. The number of hydrogen-bond acceptors (Lipinski definition) is 3. The van der Waals surface area contributed by atoms with Crippen LogP contribution in [-0.4, -0.2) is 18.0 Å². The minimum Gasteiger partial charge on any atom is -0.497 e. The largest absolute Gasteiger partial charge is 0.497 e. The first-order valence-corrected chi connectivity index (χ1v) is 6.39. The number of aryl methyl sites for hydroxylation is 1. The first-order valence-electron chi connectivity index (χ1n) is 5.40. The summed E-state index contributed by atoms with van der Waals surface area (Å²) in [6.07, 6.45) is 0.732. The standard InChI is InChI=1S/C14H16O2S/c1-11-10-14(16-3)8-7-13(11)6-4-5-9-17-12(2)15/h7-8,10H,5,9H2,1-3H3. The molecule has 1 aromatic carbocycles. The fourth-order valence-corrected chi connectivity index (χ4v) is 1.80. The van der Waals surface area contributed by atoms with Crippen LogP contribution in [0.25, 0.3) is 0 Å². The number of carbonyl (C=O) groups is 1. The summed E-state index contributed by atoms with van der Waals surface area (Å²) in [5.41, 5.74) is 2.12. The summed E-state index contributed by atoms with van der Waals surface area (Å²) >= 11 is 1.32. The van der Waals surface area contributed by atoms with Gasteiger partial charge < -0.3 is 4.74 Å². The molecule has 0 saturated heterocycles. The highest BCUT2D eigenvalue weighted by atomic mass is 32.2. The van der Waals surface area contributed by atoms with Crippen LogP contribution in [0.15, 0.2) is 18.2 Å². The van der Waals surface area contributed by atoms with Crippen LogP contribution in [-0.2, 0) is 4.79 Å². The Hall–Kier alpha value is -1.40. The Morgan fingerprint density at radius 3 is 2.82 bits per heavy atom. The monoisotopic (exact) mass is 248 g/mol. The number of thioether (sulfide) groups is 1. The van der Waals surface area contributed by atoms with Gasteiger partial charge in [0.25, 0.3) is 0 Å². The van der Waals surface area contributed by atoms with Gasteiger partial charge in [0, 0.05) is 24.7 Å². The molecule has 0 amide bonds. The van der Waals surface area contributed by atoms with Crippen molar-refractivity contribution in [2.45, 2.75) is 20.3 Å². The predicted molar refractivity (Wildman–Crippen MR) is 72.4 cm³/mol. The van der Waals surface area contributed by atoms with E-state index in [1.165, 1.54) is 11.8 Å². The van der Waals surface area contributed by atoms with Crippen LogP contribution in [0.4, 0.5) is 0 Å². The summed E-state index contributed by atoms with van der Waals surface area (Å²) in [6.45, 7) is 3.59. The van der Waals surface area contributed by atoms with Gasteiger partial charge in [0.15, 0.2) is 5.12 Å². The van der Waals surface area contributed by atoms with Crippen molar-refractivity contribution >= 4 is 16.9 Å².